The van der Waals surface area contributed by atoms with E-state index in [-0.39, 0.29) is 0 Å². The first-order chi connectivity index (χ1) is 9.31. The van der Waals surface area contributed by atoms with Gasteiger partial charge in [-0.2, -0.15) is 5.26 Å². The summed E-state index contributed by atoms with van der Waals surface area (Å²) >= 11 is 0. The Morgan fingerprint density at radius 3 is 2.58 bits per heavy atom. The van der Waals surface area contributed by atoms with Crippen molar-refractivity contribution in [1.82, 2.24) is 4.98 Å². The molecule has 1 aromatic carbocycles. The molecule has 4 nitrogen and oxygen atoms in total. The summed E-state index contributed by atoms with van der Waals surface area (Å²) in [5.74, 6) is 0.631. The summed E-state index contributed by atoms with van der Waals surface area (Å²) in [7, 11) is 0. The quantitative estimate of drug-likeness (QED) is 0.890. The van der Waals surface area contributed by atoms with Crippen molar-refractivity contribution >= 4 is 5.69 Å². The number of nitrogens with one attached hydrogen (secondary N) is 1. The first-order valence-corrected chi connectivity index (χ1v) is 6.13. The van der Waals surface area contributed by atoms with Crippen LogP contribution < -0.4 is 10.1 Å². The molecule has 1 heterocycles. The van der Waals surface area contributed by atoms with E-state index in [0.717, 1.165) is 11.3 Å². The van der Waals surface area contributed by atoms with Gasteiger partial charge in [0.25, 0.3) is 0 Å². The molecule has 0 unspecified atom stereocenters. The Morgan fingerprint density at radius 1 is 1.21 bits per heavy atom. The Balaban J connectivity index is 1.92. The van der Waals surface area contributed by atoms with Crippen LogP contribution >= 0.6 is 0 Å². The molecule has 96 valence electrons. The van der Waals surface area contributed by atoms with Crippen molar-refractivity contribution in [2.75, 3.05) is 11.9 Å². The predicted octanol–water partition coefficient (Wildman–Crippen LogP) is 2.96. The summed E-state index contributed by atoms with van der Waals surface area (Å²) in [5.41, 5.74) is 2.73. The molecular formula is C15H15N3O. The van der Waals surface area contributed by atoms with E-state index in [2.05, 4.69) is 16.4 Å². The second-order valence-corrected chi connectivity index (χ2v) is 3.98. The van der Waals surface area contributed by atoms with Gasteiger partial charge in [0.15, 0.2) is 0 Å². The van der Waals surface area contributed by atoms with Crippen LogP contribution in [0.5, 0.6) is 5.88 Å². The van der Waals surface area contributed by atoms with Gasteiger partial charge >= 0.3 is 0 Å². The Kier molecular flexibility index (Phi) is 4.35. The monoisotopic (exact) mass is 253 g/mol. The highest BCUT2D eigenvalue weighted by Gasteiger charge is 1.97. The number of benzene rings is 1. The van der Waals surface area contributed by atoms with Crippen LogP contribution in [0.2, 0.25) is 0 Å². The summed E-state index contributed by atoms with van der Waals surface area (Å²) < 4.78 is 5.28. The minimum atomic E-state index is 0.616. The van der Waals surface area contributed by atoms with Crippen LogP contribution in [-0.2, 0) is 6.54 Å². The smallest absolute Gasteiger partial charge is 0.213 e. The van der Waals surface area contributed by atoms with Crippen molar-refractivity contribution in [3.05, 3.63) is 53.7 Å². The highest BCUT2D eigenvalue weighted by atomic mass is 16.5. The maximum Gasteiger partial charge on any atom is 0.213 e. The van der Waals surface area contributed by atoms with Gasteiger partial charge in [-0.3, -0.25) is 0 Å². The fraction of sp³-hybridized carbons (Fsp3) is 0.200. The van der Waals surface area contributed by atoms with Crippen molar-refractivity contribution in [2.45, 2.75) is 13.5 Å². The normalized spacial score (nSPS) is 9.68. The number of nitrogens with zero attached hydrogens (tertiary/aromatic N) is 2. The Bertz CT molecular complexity index is 555. The fourth-order valence-corrected chi connectivity index (χ4v) is 1.62. The third kappa shape index (κ3) is 3.71. The molecule has 0 spiro atoms. The van der Waals surface area contributed by atoms with E-state index in [9.17, 15) is 0 Å². The number of anilines is 1. The van der Waals surface area contributed by atoms with Crippen LogP contribution in [0.1, 0.15) is 18.1 Å². The van der Waals surface area contributed by atoms with E-state index >= 15 is 0 Å². The minimum absolute atomic E-state index is 0.616. The summed E-state index contributed by atoms with van der Waals surface area (Å²) in [4.78, 5) is 4.18. The Morgan fingerprint density at radius 2 is 2.00 bits per heavy atom. The molecule has 0 saturated carbocycles. The van der Waals surface area contributed by atoms with Gasteiger partial charge in [-0.25, -0.2) is 4.98 Å². The highest BCUT2D eigenvalue weighted by molar-refractivity contribution is 5.43. The number of pyridine rings is 1. The predicted molar refractivity (Wildman–Crippen MR) is 73.9 cm³/mol. The minimum Gasteiger partial charge on any atom is -0.478 e. The zero-order chi connectivity index (χ0) is 13.5. The number of ether oxygens (including phenoxy) is 1. The van der Waals surface area contributed by atoms with E-state index in [1.807, 2.05) is 43.3 Å². The topological polar surface area (TPSA) is 57.9 Å². The van der Waals surface area contributed by atoms with Crippen molar-refractivity contribution in [2.24, 2.45) is 0 Å². The van der Waals surface area contributed by atoms with Gasteiger partial charge in [0.2, 0.25) is 5.88 Å². The van der Waals surface area contributed by atoms with Gasteiger partial charge in [-0.1, -0.05) is 12.1 Å². The lowest BCUT2D eigenvalue weighted by Crippen LogP contribution is -2.00. The molecule has 0 fully saturated rings. The largest absolute Gasteiger partial charge is 0.478 e. The summed E-state index contributed by atoms with van der Waals surface area (Å²) in [5, 5.41) is 12.0. The van der Waals surface area contributed by atoms with Crippen molar-refractivity contribution in [3.63, 3.8) is 0 Å². The van der Waals surface area contributed by atoms with Gasteiger partial charge in [0.1, 0.15) is 0 Å². The van der Waals surface area contributed by atoms with Gasteiger partial charge in [-0.15, -0.1) is 0 Å². The van der Waals surface area contributed by atoms with E-state index in [0.29, 0.717) is 24.6 Å². The standard InChI is InChI=1S/C15H15N3O/c1-2-19-15-8-7-14(11-18-15)17-10-13-5-3-12(9-16)4-6-13/h3-8,11,17H,2,10H2,1H3. The highest BCUT2D eigenvalue weighted by Crippen LogP contribution is 2.13. The summed E-state index contributed by atoms with van der Waals surface area (Å²) in [6.07, 6.45) is 1.74. The molecule has 19 heavy (non-hydrogen) atoms. The summed E-state index contributed by atoms with van der Waals surface area (Å²) in [6.45, 7) is 3.24. The average Bonchev–Trinajstić information content (AvgIpc) is 2.47. The molecule has 2 aromatic rings. The Hall–Kier alpha value is -2.54. The molecule has 0 saturated heterocycles. The zero-order valence-electron chi connectivity index (χ0n) is 10.8. The van der Waals surface area contributed by atoms with Crippen molar-refractivity contribution in [3.8, 4) is 11.9 Å². The van der Waals surface area contributed by atoms with Gasteiger partial charge in [0, 0.05) is 12.6 Å². The SMILES string of the molecule is CCOc1ccc(NCc2ccc(C#N)cc2)cn1. The van der Waals surface area contributed by atoms with Crippen LogP contribution in [0.3, 0.4) is 0 Å². The third-order valence-electron chi connectivity index (χ3n) is 2.61. The van der Waals surface area contributed by atoms with Crippen molar-refractivity contribution < 1.29 is 4.74 Å². The number of nitriles is 1. The van der Waals surface area contributed by atoms with Gasteiger partial charge in [0.05, 0.1) is 30.1 Å². The lowest BCUT2D eigenvalue weighted by molar-refractivity contribution is 0.327. The van der Waals surface area contributed by atoms with Crippen LogP contribution in [0.15, 0.2) is 42.6 Å². The number of hydrogen-bond donors (Lipinski definition) is 1. The van der Waals surface area contributed by atoms with Crippen molar-refractivity contribution in [1.29, 1.82) is 5.26 Å². The molecule has 0 bridgehead atoms. The molecule has 0 aliphatic rings. The Labute approximate surface area is 112 Å². The second-order valence-electron chi connectivity index (χ2n) is 3.98. The van der Waals surface area contributed by atoms with Crippen LogP contribution in [-0.4, -0.2) is 11.6 Å². The molecular weight excluding hydrogens is 238 g/mol. The second kappa shape index (κ2) is 6.41. The molecule has 0 aliphatic carbocycles. The molecule has 0 atom stereocenters. The molecule has 1 N–H and O–H groups in total. The maximum atomic E-state index is 8.72. The van der Waals surface area contributed by atoms with E-state index in [1.54, 1.807) is 6.20 Å². The summed E-state index contributed by atoms with van der Waals surface area (Å²) in [6, 6.07) is 13.4. The molecule has 0 amide bonds. The average molecular weight is 253 g/mol. The van der Waals surface area contributed by atoms with Gasteiger partial charge in [-0.05, 0) is 30.7 Å². The van der Waals surface area contributed by atoms with Crippen LogP contribution in [0.4, 0.5) is 5.69 Å². The molecule has 0 radical (unpaired) electrons. The first-order valence-electron chi connectivity index (χ1n) is 6.13. The fourth-order valence-electron chi connectivity index (χ4n) is 1.62. The van der Waals surface area contributed by atoms with E-state index in [1.165, 1.54) is 0 Å². The number of rotatable bonds is 5. The van der Waals surface area contributed by atoms with Gasteiger partial charge < -0.3 is 10.1 Å². The first kappa shape index (κ1) is 12.9. The molecule has 0 aliphatic heterocycles. The number of aromatic nitrogens is 1. The lowest BCUT2D eigenvalue weighted by Gasteiger charge is -2.07. The van der Waals surface area contributed by atoms with Crippen LogP contribution in [0.25, 0.3) is 0 Å². The molecule has 2 rings (SSSR count). The molecule has 4 heteroatoms. The third-order valence-corrected chi connectivity index (χ3v) is 2.61. The van der Waals surface area contributed by atoms with E-state index in [4.69, 9.17) is 10.00 Å². The lowest BCUT2D eigenvalue weighted by atomic mass is 10.1. The number of hydrogen-bond acceptors (Lipinski definition) is 4. The maximum absolute atomic E-state index is 8.72. The van der Waals surface area contributed by atoms with E-state index < -0.39 is 0 Å². The van der Waals surface area contributed by atoms with Crippen LogP contribution in [0, 0.1) is 11.3 Å². The molecule has 1 aromatic heterocycles. The zero-order valence-corrected chi connectivity index (χ0v) is 10.8.